The lowest BCUT2D eigenvalue weighted by Gasteiger charge is -2.14. The van der Waals surface area contributed by atoms with E-state index in [1.807, 2.05) is 0 Å². The molecule has 1 atom stereocenters. The Morgan fingerprint density at radius 1 is 1.17 bits per heavy atom. The van der Waals surface area contributed by atoms with Crippen molar-refractivity contribution in [1.29, 1.82) is 0 Å². The second-order valence-electron chi connectivity index (χ2n) is 4.89. The molecule has 8 heteroatoms. The minimum Gasteiger partial charge on any atom is -0.479 e. The molecule has 0 amide bonds. The molecule has 0 fully saturated rings. The highest BCUT2D eigenvalue weighted by Gasteiger charge is 2.17. The summed E-state index contributed by atoms with van der Waals surface area (Å²) in [5.41, 5.74) is 0.650. The van der Waals surface area contributed by atoms with Gasteiger partial charge < -0.3 is 9.47 Å². The van der Waals surface area contributed by atoms with E-state index in [0.717, 1.165) is 0 Å². The Hall–Kier alpha value is -3.29. The van der Waals surface area contributed by atoms with Crippen molar-refractivity contribution in [2.45, 2.75) is 13.0 Å². The third-order valence-corrected chi connectivity index (χ3v) is 3.11. The number of benzene rings is 2. The molecule has 1 aromatic heterocycles. The molecule has 3 rings (SSSR count). The number of carbonyl (C=O) groups is 1. The molecule has 0 N–H and O–H groups in total. The molecule has 3 aromatic rings. The van der Waals surface area contributed by atoms with Crippen LogP contribution in [0, 0.1) is 5.82 Å². The number of halogens is 1. The molecule has 122 valence electrons. The van der Waals surface area contributed by atoms with Crippen LogP contribution in [-0.4, -0.2) is 32.3 Å². The van der Waals surface area contributed by atoms with Gasteiger partial charge in [0.05, 0.1) is 5.69 Å². The highest BCUT2D eigenvalue weighted by atomic mass is 19.1. The number of tetrazole rings is 1. The molecule has 0 aliphatic rings. The van der Waals surface area contributed by atoms with Gasteiger partial charge in [-0.3, -0.25) is 0 Å². The van der Waals surface area contributed by atoms with E-state index in [1.54, 1.807) is 31.2 Å². The van der Waals surface area contributed by atoms with E-state index in [2.05, 4.69) is 15.5 Å². The van der Waals surface area contributed by atoms with Crippen molar-refractivity contribution in [1.82, 2.24) is 20.2 Å². The van der Waals surface area contributed by atoms with Gasteiger partial charge in [0.2, 0.25) is 0 Å². The van der Waals surface area contributed by atoms with E-state index in [-0.39, 0.29) is 5.82 Å². The summed E-state index contributed by atoms with van der Waals surface area (Å²) in [6.07, 6.45) is 0.577. The number of ether oxygens (including phenoxy) is 2. The minimum atomic E-state index is -0.854. The van der Waals surface area contributed by atoms with Crippen LogP contribution in [-0.2, 0) is 4.79 Å². The number of esters is 1. The third-order valence-electron chi connectivity index (χ3n) is 3.11. The molecule has 0 aliphatic carbocycles. The van der Waals surface area contributed by atoms with Gasteiger partial charge in [-0.1, -0.05) is 6.07 Å². The topological polar surface area (TPSA) is 79.1 Å². The zero-order valence-corrected chi connectivity index (χ0v) is 12.7. The maximum atomic E-state index is 12.9. The molecule has 1 heterocycles. The number of hydrogen-bond donors (Lipinski definition) is 0. The summed E-state index contributed by atoms with van der Waals surface area (Å²) in [5.74, 6) is -0.240. The van der Waals surface area contributed by atoms with E-state index in [9.17, 15) is 9.18 Å². The van der Waals surface area contributed by atoms with Crippen molar-refractivity contribution in [3.63, 3.8) is 0 Å². The lowest BCUT2D eigenvalue weighted by molar-refractivity contribution is -0.141. The van der Waals surface area contributed by atoms with E-state index < -0.39 is 12.1 Å². The lowest BCUT2D eigenvalue weighted by atomic mass is 10.3. The quantitative estimate of drug-likeness (QED) is 0.527. The van der Waals surface area contributed by atoms with Crippen molar-refractivity contribution < 1.29 is 18.7 Å². The van der Waals surface area contributed by atoms with E-state index in [4.69, 9.17) is 9.47 Å². The second kappa shape index (κ2) is 6.86. The Morgan fingerprint density at radius 3 is 2.67 bits per heavy atom. The number of aromatic nitrogens is 4. The van der Waals surface area contributed by atoms with Crippen molar-refractivity contribution >= 4 is 5.97 Å². The van der Waals surface area contributed by atoms with Gasteiger partial charge in [0, 0.05) is 6.07 Å². The molecule has 7 nitrogen and oxygen atoms in total. The summed E-state index contributed by atoms with van der Waals surface area (Å²) in [6.45, 7) is 1.55. The standard InChI is InChI=1S/C16H13FN4O3/c1-11(23-14-7-5-12(17)6-8-14)16(22)24-15-4-2-3-13(9-15)21-10-18-19-20-21/h2-11H,1H3. The average molecular weight is 328 g/mol. The lowest BCUT2D eigenvalue weighted by Crippen LogP contribution is -2.28. The van der Waals surface area contributed by atoms with Crippen molar-refractivity contribution in [2.24, 2.45) is 0 Å². The third kappa shape index (κ3) is 3.72. The Balaban J connectivity index is 1.66. The van der Waals surface area contributed by atoms with Crippen LogP contribution in [0.15, 0.2) is 54.9 Å². The molecule has 1 unspecified atom stereocenters. The van der Waals surface area contributed by atoms with Crippen LogP contribution in [0.3, 0.4) is 0 Å². The normalized spacial score (nSPS) is 11.8. The maximum Gasteiger partial charge on any atom is 0.352 e. The molecule has 24 heavy (non-hydrogen) atoms. The van der Waals surface area contributed by atoms with Crippen LogP contribution in [0.25, 0.3) is 5.69 Å². The van der Waals surface area contributed by atoms with Crippen LogP contribution >= 0.6 is 0 Å². The Kier molecular flexibility index (Phi) is 4.46. The van der Waals surface area contributed by atoms with Crippen LogP contribution in [0.2, 0.25) is 0 Å². The van der Waals surface area contributed by atoms with E-state index >= 15 is 0 Å². The Labute approximate surface area is 136 Å². The van der Waals surface area contributed by atoms with E-state index in [1.165, 1.54) is 35.3 Å². The largest absolute Gasteiger partial charge is 0.479 e. The molecular weight excluding hydrogens is 315 g/mol. The zero-order chi connectivity index (χ0) is 16.9. The Bertz CT molecular complexity index is 822. The SMILES string of the molecule is CC(Oc1ccc(F)cc1)C(=O)Oc1cccc(-n2cnnn2)c1. The molecule has 0 spiro atoms. The van der Waals surface area contributed by atoms with Crippen molar-refractivity contribution in [2.75, 3.05) is 0 Å². The van der Waals surface area contributed by atoms with Gasteiger partial charge in [-0.2, -0.15) is 0 Å². The summed E-state index contributed by atoms with van der Waals surface area (Å²) in [7, 11) is 0. The van der Waals surface area contributed by atoms with Gasteiger partial charge in [0.25, 0.3) is 0 Å². The first-order chi connectivity index (χ1) is 11.6. The molecule has 0 saturated carbocycles. The first kappa shape index (κ1) is 15.6. The highest BCUT2D eigenvalue weighted by molar-refractivity contribution is 5.77. The highest BCUT2D eigenvalue weighted by Crippen LogP contribution is 2.18. The van der Waals surface area contributed by atoms with Gasteiger partial charge in [-0.25, -0.2) is 13.9 Å². The van der Waals surface area contributed by atoms with Gasteiger partial charge in [0.15, 0.2) is 6.10 Å². The maximum absolute atomic E-state index is 12.9. The number of carbonyl (C=O) groups excluding carboxylic acids is 1. The number of hydrogen-bond acceptors (Lipinski definition) is 6. The summed E-state index contributed by atoms with van der Waals surface area (Å²) in [4.78, 5) is 12.1. The average Bonchev–Trinajstić information content (AvgIpc) is 3.12. The fourth-order valence-corrected chi connectivity index (χ4v) is 1.93. The molecular formula is C16H13FN4O3. The smallest absolute Gasteiger partial charge is 0.352 e. The fourth-order valence-electron chi connectivity index (χ4n) is 1.93. The predicted molar refractivity (Wildman–Crippen MR) is 81.3 cm³/mol. The molecule has 0 radical (unpaired) electrons. The second-order valence-corrected chi connectivity index (χ2v) is 4.89. The van der Waals surface area contributed by atoms with Gasteiger partial charge >= 0.3 is 5.97 Å². The fraction of sp³-hybridized carbons (Fsp3) is 0.125. The van der Waals surface area contributed by atoms with Crippen LogP contribution in [0.1, 0.15) is 6.92 Å². The van der Waals surface area contributed by atoms with E-state index in [0.29, 0.717) is 17.2 Å². The zero-order valence-electron chi connectivity index (χ0n) is 12.7. The van der Waals surface area contributed by atoms with Crippen molar-refractivity contribution in [3.8, 4) is 17.2 Å². The molecule has 0 saturated heterocycles. The number of rotatable bonds is 5. The summed E-state index contributed by atoms with van der Waals surface area (Å²) < 4.78 is 25.0. The summed E-state index contributed by atoms with van der Waals surface area (Å²) in [5, 5.41) is 10.9. The summed E-state index contributed by atoms with van der Waals surface area (Å²) in [6, 6.07) is 12.1. The van der Waals surface area contributed by atoms with Gasteiger partial charge in [-0.15, -0.1) is 5.10 Å². The van der Waals surface area contributed by atoms with Crippen molar-refractivity contribution in [3.05, 3.63) is 60.7 Å². The van der Waals surface area contributed by atoms with Gasteiger partial charge in [-0.05, 0) is 53.7 Å². The van der Waals surface area contributed by atoms with Crippen LogP contribution in [0.4, 0.5) is 4.39 Å². The summed E-state index contributed by atoms with van der Waals surface area (Å²) >= 11 is 0. The van der Waals surface area contributed by atoms with Gasteiger partial charge in [0.1, 0.15) is 23.6 Å². The van der Waals surface area contributed by atoms with Crippen LogP contribution in [0.5, 0.6) is 11.5 Å². The first-order valence-corrected chi connectivity index (χ1v) is 7.09. The molecule has 2 aromatic carbocycles. The van der Waals surface area contributed by atoms with Crippen LogP contribution < -0.4 is 9.47 Å². The Morgan fingerprint density at radius 2 is 1.96 bits per heavy atom. The number of nitrogens with zero attached hydrogens (tertiary/aromatic N) is 4. The first-order valence-electron chi connectivity index (χ1n) is 7.09. The molecule has 0 aliphatic heterocycles. The predicted octanol–water partition coefficient (Wildman–Crippen LogP) is 2.17. The monoisotopic (exact) mass is 328 g/mol. The molecule has 0 bridgehead atoms. The minimum absolute atomic E-state index is 0.336.